The van der Waals surface area contributed by atoms with Gasteiger partial charge in [-0.2, -0.15) is 0 Å². The highest BCUT2D eigenvalue weighted by Gasteiger charge is 2.32. The van der Waals surface area contributed by atoms with E-state index in [0.717, 1.165) is 15.6 Å². The largest absolute Gasteiger partial charge is 0.493 e. The van der Waals surface area contributed by atoms with Crippen LogP contribution >= 0.6 is 39.7 Å². The lowest BCUT2D eigenvalue weighted by molar-refractivity contribution is -0.121. The number of carbonyl (C=O) groups is 1. The van der Waals surface area contributed by atoms with Crippen LogP contribution in [-0.2, 0) is 11.4 Å². The number of hydrogen-bond acceptors (Lipinski definition) is 4. The highest BCUT2D eigenvalue weighted by Crippen LogP contribution is 2.38. The number of thiocarbonyl (C=S) groups is 1. The summed E-state index contributed by atoms with van der Waals surface area (Å²) in [5.74, 6) is 0.989. The number of hydrogen-bond donors (Lipinski definition) is 0. The van der Waals surface area contributed by atoms with Gasteiger partial charge in [-0.15, -0.1) is 0 Å². The molecule has 146 valence electrons. The van der Waals surface area contributed by atoms with Gasteiger partial charge in [0.2, 0.25) is 0 Å². The van der Waals surface area contributed by atoms with Crippen molar-refractivity contribution in [3.8, 4) is 11.5 Å². The normalized spacial score (nSPS) is 15.5. The van der Waals surface area contributed by atoms with Crippen LogP contribution in [0, 0.1) is 0 Å². The van der Waals surface area contributed by atoms with Gasteiger partial charge in [0.1, 0.15) is 12.3 Å². The average Bonchev–Trinajstić information content (AvgIpc) is 2.86. The number of halogens is 2. The quantitative estimate of drug-likeness (QED) is 0.457. The highest BCUT2D eigenvalue weighted by molar-refractivity contribution is 9.10. The van der Waals surface area contributed by atoms with Crippen LogP contribution in [0.4, 0.5) is 0 Å². The van der Waals surface area contributed by atoms with Crippen LogP contribution < -0.4 is 9.47 Å². The molecule has 0 radical (unpaired) electrons. The zero-order valence-electron chi connectivity index (χ0n) is 15.5. The molecule has 1 saturated heterocycles. The van der Waals surface area contributed by atoms with Crippen molar-refractivity contribution in [2.45, 2.75) is 6.61 Å². The Bertz CT molecular complexity index is 963. The first kappa shape index (κ1) is 20.6. The number of nitrogens with zero attached hydrogens (tertiary/aromatic N) is 2. The Balaban J connectivity index is 1.87. The van der Waals surface area contributed by atoms with Gasteiger partial charge >= 0.3 is 0 Å². The SMILES string of the molecule is COc1cc(/C=C2/C(=O)N(C)C(=S)N2C)cc(Br)c1OCc1ccc(Cl)cc1. The molecule has 28 heavy (non-hydrogen) atoms. The summed E-state index contributed by atoms with van der Waals surface area (Å²) in [5.41, 5.74) is 2.27. The molecule has 5 nitrogen and oxygen atoms in total. The fourth-order valence-corrected chi connectivity index (χ4v) is 3.63. The third kappa shape index (κ3) is 4.16. The molecule has 1 amide bonds. The van der Waals surface area contributed by atoms with Gasteiger partial charge in [0.05, 0.1) is 11.6 Å². The van der Waals surface area contributed by atoms with Crippen LogP contribution in [0.1, 0.15) is 11.1 Å². The summed E-state index contributed by atoms with van der Waals surface area (Å²) >= 11 is 14.7. The van der Waals surface area contributed by atoms with E-state index in [0.29, 0.717) is 33.9 Å². The molecule has 1 heterocycles. The molecule has 0 bridgehead atoms. The van der Waals surface area contributed by atoms with Crippen molar-refractivity contribution in [2.75, 3.05) is 21.2 Å². The summed E-state index contributed by atoms with van der Waals surface area (Å²) in [7, 11) is 5.00. The van der Waals surface area contributed by atoms with E-state index in [2.05, 4.69) is 15.9 Å². The second-order valence-corrected chi connectivity index (χ2v) is 7.84. The Morgan fingerprint density at radius 2 is 1.86 bits per heavy atom. The minimum absolute atomic E-state index is 0.148. The fourth-order valence-electron chi connectivity index (χ4n) is 2.75. The second kappa shape index (κ2) is 8.51. The van der Waals surface area contributed by atoms with Gasteiger partial charge in [-0.1, -0.05) is 23.7 Å². The van der Waals surface area contributed by atoms with E-state index < -0.39 is 0 Å². The Hall–Kier alpha value is -2.09. The lowest BCUT2D eigenvalue weighted by Crippen LogP contribution is -2.26. The first-order valence-corrected chi connectivity index (χ1v) is 9.92. The van der Waals surface area contributed by atoms with Crippen molar-refractivity contribution < 1.29 is 14.3 Å². The van der Waals surface area contributed by atoms with E-state index in [1.807, 2.05) is 36.4 Å². The number of ether oxygens (including phenoxy) is 2. The van der Waals surface area contributed by atoms with Crippen LogP contribution in [0.5, 0.6) is 11.5 Å². The molecule has 1 aliphatic heterocycles. The summed E-state index contributed by atoms with van der Waals surface area (Å²) in [5, 5.41) is 1.14. The molecule has 2 aromatic carbocycles. The van der Waals surface area contributed by atoms with Gasteiger partial charge in [-0.05, 0) is 69.6 Å². The summed E-state index contributed by atoms with van der Waals surface area (Å²) in [4.78, 5) is 15.5. The van der Waals surface area contributed by atoms with Gasteiger partial charge in [0.15, 0.2) is 16.6 Å². The molecule has 0 atom stereocenters. The van der Waals surface area contributed by atoms with E-state index in [1.165, 1.54) is 4.90 Å². The maximum Gasteiger partial charge on any atom is 0.276 e. The van der Waals surface area contributed by atoms with Gasteiger partial charge < -0.3 is 14.4 Å². The Morgan fingerprint density at radius 3 is 2.43 bits per heavy atom. The first-order chi connectivity index (χ1) is 13.3. The zero-order valence-corrected chi connectivity index (χ0v) is 18.7. The van der Waals surface area contributed by atoms with Crippen molar-refractivity contribution in [1.29, 1.82) is 0 Å². The van der Waals surface area contributed by atoms with Gasteiger partial charge in [0.25, 0.3) is 5.91 Å². The van der Waals surface area contributed by atoms with Gasteiger partial charge in [0, 0.05) is 19.1 Å². The van der Waals surface area contributed by atoms with E-state index >= 15 is 0 Å². The average molecular weight is 482 g/mol. The van der Waals surface area contributed by atoms with Crippen LogP contribution in [0.15, 0.2) is 46.6 Å². The zero-order chi connectivity index (χ0) is 20.4. The molecule has 2 aromatic rings. The number of amides is 1. The predicted octanol–water partition coefficient (Wildman–Crippen LogP) is 4.72. The molecule has 0 unspecified atom stereocenters. The monoisotopic (exact) mass is 480 g/mol. The molecule has 1 fully saturated rings. The van der Waals surface area contributed by atoms with E-state index in [1.54, 1.807) is 32.2 Å². The second-order valence-electron chi connectivity index (χ2n) is 6.18. The smallest absolute Gasteiger partial charge is 0.276 e. The molecule has 0 aliphatic carbocycles. The number of likely N-dealkylation sites (N-methyl/N-ethyl adjacent to an activating group) is 2. The molecular weight excluding hydrogens is 464 g/mol. The lowest BCUT2D eigenvalue weighted by Gasteiger charge is -2.14. The minimum atomic E-state index is -0.148. The number of carbonyl (C=O) groups excluding carboxylic acids is 1. The van der Waals surface area contributed by atoms with E-state index in [9.17, 15) is 4.79 Å². The third-order valence-corrected chi connectivity index (χ3v) is 5.70. The maximum atomic E-state index is 12.4. The topological polar surface area (TPSA) is 42.0 Å². The molecule has 0 saturated carbocycles. The highest BCUT2D eigenvalue weighted by atomic mass is 79.9. The van der Waals surface area contributed by atoms with E-state index in [4.69, 9.17) is 33.3 Å². The van der Waals surface area contributed by atoms with Crippen LogP contribution in [0.3, 0.4) is 0 Å². The van der Waals surface area contributed by atoms with Crippen molar-refractivity contribution >= 4 is 56.8 Å². The lowest BCUT2D eigenvalue weighted by atomic mass is 10.1. The number of rotatable bonds is 5. The van der Waals surface area contributed by atoms with E-state index in [-0.39, 0.29) is 5.91 Å². The standard InChI is InChI=1S/C20H18BrClN2O3S/c1-23-16(19(25)24(2)20(23)28)9-13-8-15(21)18(17(10-13)26-3)27-11-12-4-6-14(22)7-5-12/h4-10H,11H2,1-3H3/b16-9-. The van der Waals surface area contributed by atoms with Crippen molar-refractivity contribution in [1.82, 2.24) is 9.80 Å². The fraction of sp³-hybridized carbons (Fsp3) is 0.200. The predicted molar refractivity (Wildman–Crippen MR) is 118 cm³/mol. The summed E-state index contributed by atoms with van der Waals surface area (Å²) < 4.78 is 12.2. The molecule has 8 heteroatoms. The van der Waals surface area contributed by atoms with Gasteiger partial charge in [-0.3, -0.25) is 9.69 Å². The number of methoxy groups -OCH3 is 1. The number of benzene rings is 2. The maximum absolute atomic E-state index is 12.4. The molecule has 0 spiro atoms. The van der Waals surface area contributed by atoms with Crippen LogP contribution in [0.25, 0.3) is 6.08 Å². The Kier molecular flexibility index (Phi) is 6.27. The van der Waals surface area contributed by atoms with Crippen molar-refractivity contribution in [3.05, 3.63) is 62.7 Å². The third-order valence-electron chi connectivity index (χ3n) is 4.31. The van der Waals surface area contributed by atoms with Crippen LogP contribution in [0.2, 0.25) is 5.02 Å². The first-order valence-electron chi connectivity index (χ1n) is 8.34. The minimum Gasteiger partial charge on any atom is -0.493 e. The van der Waals surface area contributed by atoms with Crippen LogP contribution in [-0.4, -0.2) is 42.0 Å². The summed E-state index contributed by atoms with van der Waals surface area (Å²) in [6.45, 7) is 0.368. The Labute approximate surface area is 182 Å². The molecule has 3 rings (SSSR count). The Morgan fingerprint density at radius 1 is 1.18 bits per heavy atom. The van der Waals surface area contributed by atoms with Gasteiger partial charge in [-0.25, -0.2) is 0 Å². The molecule has 0 aromatic heterocycles. The van der Waals surface area contributed by atoms with Crippen molar-refractivity contribution in [3.63, 3.8) is 0 Å². The summed E-state index contributed by atoms with van der Waals surface area (Å²) in [6, 6.07) is 11.1. The summed E-state index contributed by atoms with van der Waals surface area (Å²) in [6.07, 6.45) is 1.77. The molecular formula is C20H18BrClN2O3S. The van der Waals surface area contributed by atoms with Crippen molar-refractivity contribution in [2.24, 2.45) is 0 Å². The molecule has 1 aliphatic rings. The molecule has 0 N–H and O–H groups in total.